The Balaban J connectivity index is 0. The molecule has 0 aromatic carbocycles. The SMILES string of the molecule is CCCCCCCCCCCCCCCCCCOC(=O)/C=C/C(=O)O.[Na]. The summed E-state index contributed by atoms with van der Waals surface area (Å²) < 4.78 is 4.92. The first-order chi connectivity index (χ1) is 12.7. The Bertz CT molecular complexity index is 369. The maximum atomic E-state index is 11.1. The molecule has 0 heterocycles. The maximum absolute atomic E-state index is 11.1. The zero-order valence-electron chi connectivity index (χ0n) is 17.8. The van der Waals surface area contributed by atoms with E-state index in [2.05, 4.69) is 6.92 Å². The van der Waals surface area contributed by atoms with Gasteiger partial charge in [0.1, 0.15) is 0 Å². The molecule has 0 aromatic rings. The van der Waals surface area contributed by atoms with Gasteiger partial charge in [-0.1, -0.05) is 103 Å². The van der Waals surface area contributed by atoms with E-state index in [9.17, 15) is 9.59 Å². The molecule has 0 aliphatic carbocycles. The molecule has 0 aliphatic heterocycles. The molecule has 153 valence electrons. The second kappa shape index (κ2) is 23.7. The van der Waals surface area contributed by atoms with Crippen LogP contribution >= 0.6 is 0 Å². The van der Waals surface area contributed by atoms with Crippen LogP contribution in [0.1, 0.15) is 110 Å². The van der Waals surface area contributed by atoms with E-state index in [4.69, 9.17) is 9.84 Å². The summed E-state index contributed by atoms with van der Waals surface area (Å²) in [5, 5.41) is 8.39. The van der Waals surface area contributed by atoms with Crippen LogP contribution in [0.5, 0.6) is 0 Å². The Hall–Kier alpha value is -0.320. The molecule has 0 aliphatic rings. The Labute approximate surface area is 188 Å². The maximum Gasteiger partial charge on any atom is 0.331 e. The molecule has 0 aromatic heterocycles. The first kappa shape index (κ1) is 28.9. The van der Waals surface area contributed by atoms with Crippen LogP contribution in [0.3, 0.4) is 0 Å². The third-order valence-electron chi connectivity index (χ3n) is 4.60. The van der Waals surface area contributed by atoms with Gasteiger partial charge in [0.15, 0.2) is 0 Å². The smallest absolute Gasteiger partial charge is 0.331 e. The average molecular weight is 392 g/mol. The number of esters is 1. The fourth-order valence-corrected chi connectivity index (χ4v) is 3.01. The van der Waals surface area contributed by atoms with E-state index in [-0.39, 0.29) is 29.6 Å². The predicted octanol–water partition coefficient (Wildman–Crippen LogP) is 6.05. The van der Waals surface area contributed by atoms with Gasteiger partial charge in [-0.15, -0.1) is 0 Å². The number of hydrogen-bond acceptors (Lipinski definition) is 3. The molecule has 0 atom stereocenters. The number of aliphatic carboxylic acids is 1. The van der Waals surface area contributed by atoms with Crippen LogP contribution in [0, 0.1) is 0 Å². The van der Waals surface area contributed by atoms with Gasteiger partial charge in [0.25, 0.3) is 0 Å². The summed E-state index contributed by atoms with van der Waals surface area (Å²) in [6.45, 7) is 2.64. The summed E-state index contributed by atoms with van der Waals surface area (Å²) in [4.78, 5) is 21.4. The third kappa shape index (κ3) is 25.7. The van der Waals surface area contributed by atoms with E-state index < -0.39 is 11.9 Å². The minimum Gasteiger partial charge on any atom is -0.478 e. The van der Waals surface area contributed by atoms with Crippen molar-refractivity contribution in [3.63, 3.8) is 0 Å². The van der Waals surface area contributed by atoms with Gasteiger partial charge in [0, 0.05) is 41.7 Å². The van der Waals surface area contributed by atoms with Crippen LogP contribution in [0.15, 0.2) is 12.2 Å². The first-order valence-electron chi connectivity index (χ1n) is 10.7. The minimum atomic E-state index is -1.13. The summed E-state index contributed by atoms with van der Waals surface area (Å²) in [5.74, 6) is -1.71. The van der Waals surface area contributed by atoms with Crippen molar-refractivity contribution in [1.82, 2.24) is 0 Å². The van der Waals surface area contributed by atoms with E-state index in [0.717, 1.165) is 25.0 Å². The Morgan fingerprint density at radius 3 is 1.41 bits per heavy atom. The number of carbonyl (C=O) groups excluding carboxylic acids is 1. The summed E-state index contributed by atoms with van der Waals surface area (Å²) in [7, 11) is 0. The minimum absolute atomic E-state index is 0. The molecule has 4 nitrogen and oxygen atoms in total. The van der Waals surface area contributed by atoms with Gasteiger partial charge in [-0.05, 0) is 6.42 Å². The van der Waals surface area contributed by atoms with Gasteiger partial charge in [-0.25, -0.2) is 9.59 Å². The van der Waals surface area contributed by atoms with Crippen molar-refractivity contribution in [2.75, 3.05) is 6.61 Å². The van der Waals surface area contributed by atoms with E-state index in [0.29, 0.717) is 6.61 Å². The van der Waals surface area contributed by atoms with Crippen LogP contribution in [-0.2, 0) is 14.3 Å². The van der Waals surface area contributed by atoms with Crippen LogP contribution in [-0.4, -0.2) is 53.2 Å². The molecule has 0 bridgehead atoms. The van der Waals surface area contributed by atoms with Crippen LogP contribution in [0.2, 0.25) is 0 Å². The number of carboxylic acid groups (broad SMARTS) is 1. The van der Waals surface area contributed by atoms with E-state index in [1.165, 1.54) is 89.9 Å². The molecule has 0 rings (SSSR count). The first-order valence-corrected chi connectivity index (χ1v) is 10.7. The van der Waals surface area contributed by atoms with E-state index in [1.54, 1.807) is 0 Å². The van der Waals surface area contributed by atoms with Crippen molar-refractivity contribution in [1.29, 1.82) is 0 Å². The topological polar surface area (TPSA) is 63.6 Å². The fraction of sp³-hybridized carbons (Fsp3) is 0.818. The molecule has 0 amide bonds. The fourth-order valence-electron chi connectivity index (χ4n) is 3.01. The Morgan fingerprint density at radius 1 is 0.667 bits per heavy atom. The zero-order chi connectivity index (χ0) is 19.3. The number of unbranched alkanes of at least 4 members (excludes halogenated alkanes) is 15. The van der Waals surface area contributed by atoms with Crippen molar-refractivity contribution in [3.05, 3.63) is 12.2 Å². The van der Waals surface area contributed by atoms with Crippen LogP contribution in [0.4, 0.5) is 0 Å². The Morgan fingerprint density at radius 2 is 1.04 bits per heavy atom. The molecule has 0 unspecified atom stereocenters. The van der Waals surface area contributed by atoms with Crippen molar-refractivity contribution < 1.29 is 19.4 Å². The monoisotopic (exact) mass is 391 g/mol. The molecule has 0 saturated carbocycles. The standard InChI is InChI=1S/C22H40O4.Na/c1-2-3-4-5-6-7-8-9-10-11-12-13-14-15-16-17-20-26-22(25)19-18-21(23)24;/h18-19H,2-17,20H2,1H3,(H,23,24);/b19-18+;. The van der Waals surface area contributed by atoms with Crippen molar-refractivity contribution in [3.8, 4) is 0 Å². The van der Waals surface area contributed by atoms with Crippen molar-refractivity contribution in [2.24, 2.45) is 0 Å². The van der Waals surface area contributed by atoms with Gasteiger partial charge in [0.05, 0.1) is 6.61 Å². The third-order valence-corrected chi connectivity index (χ3v) is 4.60. The van der Waals surface area contributed by atoms with Gasteiger partial charge >= 0.3 is 11.9 Å². The van der Waals surface area contributed by atoms with Crippen molar-refractivity contribution >= 4 is 41.5 Å². The molecule has 0 saturated heterocycles. The summed E-state index contributed by atoms with van der Waals surface area (Å²) in [6.07, 6.45) is 22.7. The van der Waals surface area contributed by atoms with Gasteiger partial charge in [-0.2, -0.15) is 0 Å². The molecule has 27 heavy (non-hydrogen) atoms. The second-order valence-corrected chi connectivity index (χ2v) is 7.14. The quantitative estimate of drug-likeness (QED) is 0.126. The summed E-state index contributed by atoms with van der Waals surface area (Å²) >= 11 is 0. The molecule has 0 fully saturated rings. The normalized spacial score (nSPS) is 10.7. The molecule has 1 radical (unpaired) electrons. The molecule has 1 N–H and O–H groups in total. The van der Waals surface area contributed by atoms with Crippen LogP contribution in [0.25, 0.3) is 0 Å². The summed E-state index contributed by atoms with van der Waals surface area (Å²) in [6, 6.07) is 0. The van der Waals surface area contributed by atoms with E-state index in [1.807, 2.05) is 0 Å². The van der Waals surface area contributed by atoms with E-state index >= 15 is 0 Å². The zero-order valence-corrected chi connectivity index (χ0v) is 19.8. The molecule has 0 spiro atoms. The predicted molar refractivity (Wildman–Crippen MR) is 113 cm³/mol. The number of hydrogen-bond donors (Lipinski definition) is 1. The van der Waals surface area contributed by atoms with Crippen LogP contribution < -0.4 is 0 Å². The second-order valence-electron chi connectivity index (χ2n) is 7.14. The van der Waals surface area contributed by atoms with Gasteiger partial charge < -0.3 is 9.84 Å². The molecule has 5 heteroatoms. The average Bonchev–Trinajstić information content (AvgIpc) is 2.62. The number of carbonyl (C=O) groups is 2. The summed E-state index contributed by atoms with van der Waals surface area (Å²) in [5.41, 5.74) is 0. The van der Waals surface area contributed by atoms with Crippen molar-refractivity contribution in [2.45, 2.75) is 110 Å². The molecular formula is C22H40NaO4. The number of ether oxygens (including phenoxy) is 1. The number of carboxylic acids is 1. The van der Waals surface area contributed by atoms with Gasteiger partial charge in [0.2, 0.25) is 0 Å². The largest absolute Gasteiger partial charge is 0.478 e. The number of rotatable bonds is 19. The molecular weight excluding hydrogens is 351 g/mol. The Kier molecular flexibility index (Phi) is 25.4. The van der Waals surface area contributed by atoms with Gasteiger partial charge in [-0.3, -0.25) is 0 Å².